The highest BCUT2D eigenvalue weighted by Gasteiger charge is 2.25. The van der Waals surface area contributed by atoms with E-state index in [-0.39, 0.29) is 6.42 Å². The van der Waals surface area contributed by atoms with Crippen molar-refractivity contribution in [3.05, 3.63) is 35.2 Å². The fraction of sp³-hybridized carbons (Fsp3) is 0.100. The molecule has 2 rings (SSSR count). The van der Waals surface area contributed by atoms with E-state index in [1.165, 1.54) is 5.41 Å². The van der Waals surface area contributed by atoms with E-state index in [9.17, 15) is 13.2 Å². The lowest BCUT2D eigenvalue weighted by atomic mass is 10.1. The summed E-state index contributed by atoms with van der Waals surface area (Å²) in [5.41, 5.74) is 1.23. The summed E-state index contributed by atoms with van der Waals surface area (Å²) in [6, 6.07) is 6.71. The van der Waals surface area contributed by atoms with Crippen molar-refractivity contribution < 1.29 is 13.2 Å². The number of hydrogen-bond donors (Lipinski definition) is 0. The lowest BCUT2D eigenvalue weighted by Gasteiger charge is -1.98. The lowest BCUT2D eigenvalue weighted by molar-refractivity contribution is -0.107. The van der Waals surface area contributed by atoms with Crippen LogP contribution >= 0.6 is 0 Å². The maximum Gasteiger partial charge on any atom is 0.200 e. The first-order chi connectivity index (χ1) is 6.65. The molecule has 0 saturated heterocycles. The summed E-state index contributed by atoms with van der Waals surface area (Å²) in [7, 11) is -3.30. The lowest BCUT2D eigenvalue weighted by Crippen LogP contribution is -1.91. The minimum absolute atomic E-state index is 0.149. The maximum absolute atomic E-state index is 11.5. The Balaban J connectivity index is 2.66. The van der Waals surface area contributed by atoms with Gasteiger partial charge in [-0.1, -0.05) is 18.2 Å². The predicted molar refractivity (Wildman–Crippen MR) is 52.3 cm³/mol. The van der Waals surface area contributed by atoms with E-state index in [4.69, 9.17) is 0 Å². The van der Waals surface area contributed by atoms with Gasteiger partial charge in [-0.2, -0.15) is 0 Å². The molecule has 0 bridgehead atoms. The molecule has 0 spiro atoms. The molecule has 0 fully saturated rings. The van der Waals surface area contributed by atoms with E-state index < -0.39 is 9.84 Å². The summed E-state index contributed by atoms with van der Waals surface area (Å²) in [6.07, 6.45) is 0.861. The molecule has 0 amide bonds. The molecule has 1 aliphatic heterocycles. The van der Waals surface area contributed by atoms with Crippen LogP contribution in [0, 0.1) is 0 Å². The highest BCUT2D eigenvalue weighted by molar-refractivity contribution is 7.95. The predicted octanol–water partition coefficient (Wildman–Crippen LogP) is 1.40. The van der Waals surface area contributed by atoms with Gasteiger partial charge in [-0.25, -0.2) is 8.42 Å². The highest BCUT2D eigenvalue weighted by Crippen LogP contribution is 2.34. The van der Waals surface area contributed by atoms with Gasteiger partial charge in [-0.05, 0) is 17.2 Å². The second-order valence-corrected chi connectivity index (χ2v) is 4.82. The fourth-order valence-corrected chi connectivity index (χ4v) is 3.04. The Kier molecular flexibility index (Phi) is 2.00. The van der Waals surface area contributed by atoms with Gasteiger partial charge in [0, 0.05) is 11.8 Å². The van der Waals surface area contributed by atoms with Gasteiger partial charge in [-0.15, -0.1) is 0 Å². The third kappa shape index (κ3) is 1.28. The fourth-order valence-electron chi connectivity index (χ4n) is 1.54. The standard InChI is InChI=1S/C10H8O3S/c11-6-5-8-7-14(12,13)10-4-2-1-3-9(8)10/h1-4,6-7H,5H2. The van der Waals surface area contributed by atoms with Gasteiger partial charge >= 0.3 is 0 Å². The van der Waals surface area contributed by atoms with Crippen molar-refractivity contribution in [1.29, 1.82) is 0 Å². The van der Waals surface area contributed by atoms with Crippen LogP contribution in [0.4, 0.5) is 0 Å². The Morgan fingerprint density at radius 1 is 1.21 bits per heavy atom. The number of fused-ring (bicyclic) bond motifs is 1. The van der Waals surface area contributed by atoms with Crippen LogP contribution in [0.3, 0.4) is 0 Å². The summed E-state index contributed by atoms with van der Waals surface area (Å²) in [6.45, 7) is 0. The third-order valence-corrected chi connectivity index (χ3v) is 3.70. The molecule has 0 unspecified atom stereocenters. The van der Waals surface area contributed by atoms with Gasteiger partial charge in [-0.3, -0.25) is 0 Å². The minimum Gasteiger partial charge on any atom is -0.303 e. The molecule has 3 nitrogen and oxygen atoms in total. The number of allylic oxidation sites excluding steroid dienone is 1. The minimum atomic E-state index is -3.30. The first kappa shape index (κ1) is 9.15. The van der Waals surface area contributed by atoms with Crippen molar-refractivity contribution in [3.63, 3.8) is 0 Å². The molecule has 1 aromatic carbocycles. The van der Waals surface area contributed by atoms with Crippen LogP contribution in [0.25, 0.3) is 5.57 Å². The zero-order chi connectivity index (χ0) is 10.2. The molecule has 1 heterocycles. The number of benzene rings is 1. The average molecular weight is 208 g/mol. The number of carbonyl (C=O) groups excluding carboxylic acids is 1. The molecule has 0 aromatic heterocycles. The van der Waals surface area contributed by atoms with Gasteiger partial charge in [0.1, 0.15) is 6.29 Å². The van der Waals surface area contributed by atoms with E-state index in [0.29, 0.717) is 22.3 Å². The molecular weight excluding hydrogens is 200 g/mol. The second-order valence-electron chi connectivity index (χ2n) is 3.06. The van der Waals surface area contributed by atoms with Gasteiger partial charge in [0.15, 0.2) is 0 Å². The van der Waals surface area contributed by atoms with Crippen LogP contribution in [0.15, 0.2) is 34.6 Å². The third-order valence-electron chi connectivity index (χ3n) is 2.14. The SMILES string of the molecule is O=CCC1=CS(=O)(=O)c2ccccc21. The summed E-state index contributed by atoms with van der Waals surface area (Å²) >= 11 is 0. The molecule has 0 radical (unpaired) electrons. The monoisotopic (exact) mass is 208 g/mol. The van der Waals surface area contributed by atoms with E-state index in [0.717, 1.165) is 0 Å². The van der Waals surface area contributed by atoms with Gasteiger partial charge in [0.2, 0.25) is 9.84 Å². The van der Waals surface area contributed by atoms with Crippen LogP contribution < -0.4 is 0 Å². The van der Waals surface area contributed by atoms with E-state index >= 15 is 0 Å². The summed E-state index contributed by atoms with van der Waals surface area (Å²) < 4.78 is 23.1. The molecule has 4 heteroatoms. The maximum atomic E-state index is 11.5. The van der Waals surface area contributed by atoms with Gasteiger partial charge in [0.05, 0.1) is 4.90 Å². The van der Waals surface area contributed by atoms with E-state index in [1.54, 1.807) is 24.3 Å². The van der Waals surface area contributed by atoms with Gasteiger partial charge in [0.25, 0.3) is 0 Å². The molecule has 0 atom stereocenters. The van der Waals surface area contributed by atoms with Crippen molar-refractivity contribution in [2.45, 2.75) is 11.3 Å². The van der Waals surface area contributed by atoms with Gasteiger partial charge < -0.3 is 4.79 Å². The van der Waals surface area contributed by atoms with Crippen molar-refractivity contribution in [2.24, 2.45) is 0 Å². The Morgan fingerprint density at radius 3 is 2.64 bits per heavy atom. The molecule has 0 aliphatic carbocycles. The zero-order valence-electron chi connectivity index (χ0n) is 7.30. The average Bonchev–Trinajstić information content (AvgIpc) is 2.41. The van der Waals surface area contributed by atoms with Crippen molar-refractivity contribution in [3.8, 4) is 0 Å². The first-order valence-corrected chi connectivity index (χ1v) is 5.68. The van der Waals surface area contributed by atoms with Crippen LogP contribution in [0.1, 0.15) is 12.0 Å². The molecule has 72 valence electrons. The smallest absolute Gasteiger partial charge is 0.200 e. The number of hydrogen-bond acceptors (Lipinski definition) is 3. The molecular formula is C10H8O3S. The number of aldehydes is 1. The van der Waals surface area contributed by atoms with E-state index in [1.807, 2.05) is 0 Å². The van der Waals surface area contributed by atoms with Crippen molar-refractivity contribution in [1.82, 2.24) is 0 Å². The van der Waals surface area contributed by atoms with Crippen LogP contribution in [0.2, 0.25) is 0 Å². The molecule has 0 N–H and O–H groups in total. The quantitative estimate of drug-likeness (QED) is 0.690. The topological polar surface area (TPSA) is 51.2 Å². The van der Waals surface area contributed by atoms with Crippen LogP contribution in [-0.2, 0) is 14.6 Å². The number of carbonyl (C=O) groups is 1. The Bertz CT molecular complexity index is 512. The first-order valence-electron chi connectivity index (χ1n) is 4.14. The summed E-state index contributed by atoms with van der Waals surface area (Å²) in [5.74, 6) is 0. The zero-order valence-corrected chi connectivity index (χ0v) is 8.12. The highest BCUT2D eigenvalue weighted by atomic mass is 32.2. The number of sulfone groups is 1. The largest absolute Gasteiger partial charge is 0.303 e. The molecule has 14 heavy (non-hydrogen) atoms. The van der Waals surface area contributed by atoms with Crippen molar-refractivity contribution in [2.75, 3.05) is 0 Å². The van der Waals surface area contributed by atoms with Crippen LogP contribution in [-0.4, -0.2) is 14.7 Å². The normalized spacial score (nSPS) is 17.3. The summed E-state index contributed by atoms with van der Waals surface area (Å²) in [5, 5.41) is 1.17. The Labute approximate surface area is 82.0 Å². The Hall–Kier alpha value is -1.42. The van der Waals surface area contributed by atoms with Crippen LogP contribution in [0.5, 0.6) is 0 Å². The number of rotatable bonds is 2. The summed E-state index contributed by atoms with van der Waals surface area (Å²) in [4.78, 5) is 10.6. The Morgan fingerprint density at radius 2 is 1.93 bits per heavy atom. The molecule has 1 aromatic rings. The molecule has 1 aliphatic rings. The second kappa shape index (κ2) is 3.06. The molecule has 0 saturated carbocycles. The van der Waals surface area contributed by atoms with Crippen molar-refractivity contribution >= 4 is 21.7 Å². The van der Waals surface area contributed by atoms with E-state index in [2.05, 4.69) is 0 Å².